The third kappa shape index (κ3) is 4.50. The molecule has 0 radical (unpaired) electrons. The topological polar surface area (TPSA) is 73.1 Å². The van der Waals surface area contributed by atoms with Crippen molar-refractivity contribution in [2.75, 3.05) is 24.6 Å². The maximum absolute atomic E-state index is 10.3. The molecule has 0 spiro atoms. The smallest absolute Gasteiger partial charge is 0.149 e. The van der Waals surface area contributed by atoms with Gasteiger partial charge in [-0.3, -0.25) is 0 Å². The number of nitrogens with zero attached hydrogens (tertiary/aromatic N) is 2. The maximum atomic E-state index is 10.3. The molecule has 5 nitrogen and oxygen atoms in total. The van der Waals surface area contributed by atoms with Crippen LogP contribution in [-0.2, 0) is 0 Å². The number of rotatable bonds is 7. The van der Waals surface area contributed by atoms with Crippen molar-refractivity contribution < 1.29 is 10.2 Å². The summed E-state index contributed by atoms with van der Waals surface area (Å²) in [6.45, 7) is 3.46. The van der Waals surface area contributed by atoms with Gasteiger partial charge in [0.25, 0.3) is 0 Å². The van der Waals surface area contributed by atoms with E-state index >= 15 is 0 Å². The number of aliphatic hydroxyl groups is 1. The van der Waals surface area contributed by atoms with Crippen molar-refractivity contribution in [3.05, 3.63) is 23.1 Å². The first-order valence-corrected chi connectivity index (χ1v) is 5.75. The van der Waals surface area contributed by atoms with Gasteiger partial charge < -0.3 is 15.1 Å². The predicted molar refractivity (Wildman–Crippen MR) is 75.0 cm³/mol. The number of nitroso groups, excluding NO2 is 1. The number of unbranched alkanes of at least 4 members (excludes halogenated alkanes) is 1. The summed E-state index contributed by atoms with van der Waals surface area (Å²) in [6.07, 6.45) is 2.07. The second kappa shape index (κ2) is 8.72. The van der Waals surface area contributed by atoms with Crippen LogP contribution < -0.4 is 4.90 Å². The van der Waals surface area contributed by atoms with Crippen LogP contribution in [0.5, 0.6) is 5.75 Å². The SMILES string of the molecule is CCCCN(CCO)c1ccc(N=O)c(O)c1.Cl. The van der Waals surface area contributed by atoms with E-state index in [4.69, 9.17) is 5.11 Å². The molecule has 0 atom stereocenters. The summed E-state index contributed by atoms with van der Waals surface area (Å²) in [5.74, 6) is -0.128. The van der Waals surface area contributed by atoms with Gasteiger partial charge in [-0.05, 0) is 23.7 Å². The van der Waals surface area contributed by atoms with E-state index in [1.165, 1.54) is 12.1 Å². The van der Waals surface area contributed by atoms with Crippen LogP contribution in [0.25, 0.3) is 0 Å². The summed E-state index contributed by atoms with van der Waals surface area (Å²) in [5.41, 5.74) is 0.825. The summed E-state index contributed by atoms with van der Waals surface area (Å²) in [6, 6.07) is 4.71. The van der Waals surface area contributed by atoms with Crippen molar-refractivity contribution in [3.8, 4) is 5.75 Å². The molecular formula is C12H19ClN2O3. The van der Waals surface area contributed by atoms with Gasteiger partial charge in [0.2, 0.25) is 0 Å². The van der Waals surface area contributed by atoms with E-state index in [0.717, 1.165) is 25.1 Å². The molecule has 0 aliphatic heterocycles. The quantitative estimate of drug-likeness (QED) is 0.750. The van der Waals surface area contributed by atoms with E-state index < -0.39 is 0 Å². The Labute approximate surface area is 113 Å². The van der Waals surface area contributed by atoms with Crippen molar-refractivity contribution >= 4 is 23.8 Å². The number of aromatic hydroxyl groups is 1. The fourth-order valence-corrected chi connectivity index (χ4v) is 1.63. The highest BCUT2D eigenvalue weighted by molar-refractivity contribution is 5.85. The minimum atomic E-state index is -0.128. The molecule has 0 unspecified atom stereocenters. The highest BCUT2D eigenvalue weighted by Crippen LogP contribution is 2.30. The molecule has 102 valence electrons. The Hall–Kier alpha value is -1.33. The highest BCUT2D eigenvalue weighted by Gasteiger charge is 2.09. The van der Waals surface area contributed by atoms with Gasteiger partial charge >= 0.3 is 0 Å². The largest absolute Gasteiger partial charge is 0.505 e. The van der Waals surface area contributed by atoms with Gasteiger partial charge in [-0.25, -0.2) is 0 Å². The van der Waals surface area contributed by atoms with Gasteiger partial charge in [0, 0.05) is 24.8 Å². The molecule has 1 aromatic rings. The zero-order chi connectivity index (χ0) is 12.7. The number of aliphatic hydroxyl groups excluding tert-OH is 1. The average Bonchev–Trinajstić information content (AvgIpc) is 2.34. The summed E-state index contributed by atoms with van der Waals surface area (Å²) in [7, 11) is 0. The number of anilines is 1. The van der Waals surface area contributed by atoms with E-state index in [1.807, 2.05) is 4.90 Å². The van der Waals surface area contributed by atoms with Crippen LogP contribution in [0.15, 0.2) is 23.4 Å². The van der Waals surface area contributed by atoms with Crippen LogP contribution in [0.1, 0.15) is 19.8 Å². The summed E-state index contributed by atoms with van der Waals surface area (Å²) >= 11 is 0. The number of phenols is 1. The van der Waals surface area contributed by atoms with Gasteiger partial charge in [0.15, 0.2) is 0 Å². The first kappa shape index (κ1) is 16.7. The first-order valence-electron chi connectivity index (χ1n) is 5.75. The second-order valence-corrected chi connectivity index (χ2v) is 3.83. The molecule has 0 fully saturated rings. The van der Waals surface area contributed by atoms with Crippen molar-refractivity contribution in [2.45, 2.75) is 19.8 Å². The molecule has 1 aromatic carbocycles. The lowest BCUT2D eigenvalue weighted by Gasteiger charge is -2.24. The van der Waals surface area contributed by atoms with E-state index in [2.05, 4.69) is 12.1 Å². The van der Waals surface area contributed by atoms with E-state index in [1.54, 1.807) is 6.07 Å². The lowest BCUT2D eigenvalue weighted by atomic mass is 10.2. The molecule has 0 aliphatic carbocycles. The Kier molecular flexibility index (Phi) is 8.07. The second-order valence-electron chi connectivity index (χ2n) is 3.83. The Morgan fingerprint density at radius 3 is 2.56 bits per heavy atom. The van der Waals surface area contributed by atoms with Crippen LogP contribution in [-0.4, -0.2) is 29.9 Å². The number of phenolic OH excluding ortho intramolecular Hbond substituents is 1. The number of benzene rings is 1. The molecule has 0 saturated heterocycles. The fourth-order valence-electron chi connectivity index (χ4n) is 1.63. The van der Waals surface area contributed by atoms with Crippen molar-refractivity contribution in [2.24, 2.45) is 5.18 Å². The minimum absolute atomic E-state index is 0. The molecule has 0 bridgehead atoms. The summed E-state index contributed by atoms with van der Waals surface area (Å²) in [5, 5.41) is 21.3. The van der Waals surface area contributed by atoms with Gasteiger partial charge in [-0.2, -0.15) is 0 Å². The zero-order valence-corrected chi connectivity index (χ0v) is 11.2. The predicted octanol–water partition coefficient (Wildman–Crippen LogP) is 2.81. The molecule has 0 aromatic heterocycles. The first-order chi connectivity index (χ1) is 8.22. The molecule has 6 heteroatoms. The maximum Gasteiger partial charge on any atom is 0.149 e. The zero-order valence-electron chi connectivity index (χ0n) is 10.4. The average molecular weight is 275 g/mol. The van der Waals surface area contributed by atoms with Gasteiger partial charge in [0.05, 0.1) is 6.61 Å². The van der Waals surface area contributed by atoms with Crippen LogP contribution in [0, 0.1) is 4.91 Å². The van der Waals surface area contributed by atoms with Crippen LogP contribution in [0.2, 0.25) is 0 Å². The normalized spacial score (nSPS) is 9.67. The Bertz CT molecular complexity index is 374. The van der Waals surface area contributed by atoms with Crippen LogP contribution in [0.3, 0.4) is 0 Å². The van der Waals surface area contributed by atoms with Crippen molar-refractivity contribution in [3.63, 3.8) is 0 Å². The minimum Gasteiger partial charge on any atom is -0.505 e. The molecule has 0 heterocycles. The van der Waals surface area contributed by atoms with Gasteiger partial charge in [0.1, 0.15) is 11.4 Å². The van der Waals surface area contributed by atoms with Gasteiger partial charge in [-0.1, -0.05) is 13.3 Å². The standard InChI is InChI=1S/C12H18N2O3.ClH/c1-2-3-6-14(7-8-15)10-4-5-11(13-17)12(16)9-10;/h4-5,9,15-16H,2-3,6-8H2,1H3;1H. The molecule has 0 aliphatic rings. The monoisotopic (exact) mass is 274 g/mol. The Balaban J connectivity index is 0.00000289. The highest BCUT2D eigenvalue weighted by atomic mass is 35.5. The number of halogens is 1. The fraction of sp³-hybridized carbons (Fsp3) is 0.500. The molecule has 0 amide bonds. The lowest BCUT2D eigenvalue weighted by molar-refractivity contribution is 0.301. The van der Waals surface area contributed by atoms with E-state index in [9.17, 15) is 10.0 Å². The number of hydrogen-bond acceptors (Lipinski definition) is 5. The molecular weight excluding hydrogens is 256 g/mol. The van der Waals surface area contributed by atoms with Crippen LogP contribution >= 0.6 is 12.4 Å². The lowest BCUT2D eigenvalue weighted by Crippen LogP contribution is -2.27. The third-order valence-corrected chi connectivity index (χ3v) is 2.57. The van der Waals surface area contributed by atoms with E-state index in [-0.39, 0.29) is 30.5 Å². The summed E-state index contributed by atoms with van der Waals surface area (Å²) in [4.78, 5) is 12.3. The molecule has 2 N–H and O–H groups in total. The van der Waals surface area contributed by atoms with Crippen LogP contribution in [0.4, 0.5) is 11.4 Å². The Morgan fingerprint density at radius 2 is 2.06 bits per heavy atom. The van der Waals surface area contributed by atoms with Gasteiger partial charge in [-0.15, -0.1) is 17.3 Å². The van der Waals surface area contributed by atoms with Crippen molar-refractivity contribution in [1.29, 1.82) is 0 Å². The third-order valence-electron chi connectivity index (χ3n) is 2.57. The van der Waals surface area contributed by atoms with Crippen molar-refractivity contribution in [1.82, 2.24) is 0 Å². The molecule has 18 heavy (non-hydrogen) atoms. The Morgan fingerprint density at radius 1 is 1.33 bits per heavy atom. The number of hydrogen-bond donors (Lipinski definition) is 2. The van der Waals surface area contributed by atoms with E-state index in [0.29, 0.717) is 6.54 Å². The summed E-state index contributed by atoms with van der Waals surface area (Å²) < 4.78 is 0. The molecule has 1 rings (SSSR count). The molecule has 0 saturated carbocycles.